The van der Waals surface area contributed by atoms with Gasteiger partial charge in [0.2, 0.25) is 0 Å². The molecule has 1 aliphatic rings. The molecule has 0 aromatic heterocycles. The summed E-state index contributed by atoms with van der Waals surface area (Å²) in [5.41, 5.74) is -0.594. The standard InChI is InChI=1S/C13H26O3/c1-6-10(12(2,3)14)7-8-11-9-15-13(4,5)16-11/h10-11,14H,6-9H2,1-5H3. The van der Waals surface area contributed by atoms with Gasteiger partial charge in [0.05, 0.1) is 18.3 Å². The monoisotopic (exact) mass is 230 g/mol. The summed E-state index contributed by atoms with van der Waals surface area (Å²) in [7, 11) is 0. The average molecular weight is 230 g/mol. The van der Waals surface area contributed by atoms with Crippen LogP contribution in [0.5, 0.6) is 0 Å². The van der Waals surface area contributed by atoms with Gasteiger partial charge >= 0.3 is 0 Å². The maximum Gasteiger partial charge on any atom is 0.163 e. The summed E-state index contributed by atoms with van der Waals surface area (Å²) in [6, 6.07) is 0. The minimum atomic E-state index is -0.594. The minimum absolute atomic E-state index is 0.186. The SMILES string of the molecule is CCC(CCC1COC(C)(C)O1)C(C)(C)O. The summed E-state index contributed by atoms with van der Waals surface area (Å²) in [6.07, 6.45) is 3.14. The summed E-state index contributed by atoms with van der Waals surface area (Å²) >= 11 is 0. The Morgan fingerprint density at radius 1 is 1.44 bits per heavy atom. The van der Waals surface area contributed by atoms with Crippen LogP contribution in [0, 0.1) is 5.92 Å². The lowest BCUT2D eigenvalue weighted by Crippen LogP contribution is -2.31. The number of aliphatic hydroxyl groups is 1. The van der Waals surface area contributed by atoms with Crippen LogP contribution in [-0.2, 0) is 9.47 Å². The second-order valence-corrected chi connectivity index (χ2v) is 5.79. The van der Waals surface area contributed by atoms with Crippen LogP contribution in [0.2, 0.25) is 0 Å². The van der Waals surface area contributed by atoms with Gasteiger partial charge in [-0.3, -0.25) is 0 Å². The maximum absolute atomic E-state index is 9.98. The van der Waals surface area contributed by atoms with Crippen molar-refractivity contribution in [1.82, 2.24) is 0 Å². The van der Waals surface area contributed by atoms with Crippen molar-refractivity contribution in [2.24, 2.45) is 5.92 Å². The summed E-state index contributed by atoms with van der Waals surface area (Å²) in [5.74, 6) is -0.0963. The molecule has 3 nitrogen and oxygen atoms in total. The van der Waals surface area contributed by atoms with Gasteiger partial charge in [-0.05, 0) is 46.5 Å². The first kappa shape index (κ1) is 13.9. The third kappa shape index (κ3) is 4.04. The van der Waals surface area contributed by atoms with Crippen LogP contribution < -0.4 is 0 Å². The highest BCUT2D eigenvalue weighted by Gasteiger charge is 2.34. The molecule has 1 heterocycles. The Labute approximate surface area is 99.1 Å². The molecule has 0 bridgehead atoms. The minimum Gasteiger partial charge on any atom is -0.390 e. The van der Waals surface area contributed by atoms with E-state index in [-0.39, 0.29) is 6.10 Å². The molecule has 96 valence electrons. The van der Waals surface area contributed by atoms with Gasteiger partial charge in [-0.1, -0.05) is 13.3 Å². The zero-order valence-electron chi connectivity index (χ0n) is 11.2. The molecule has 1 N–H and O–H groups in total. The fraction of sp³-hybridized carbons (Fsp3) is 1.00. The van der Waals surface area contributed by atoms with Crippen molar-refractivity contribution in [2.75, 3.05) is 6.61 Å². The zero-order valence-corrected chi connectivity index (χ0v) is 11.2. The van der Waals surface area contributed by atoms with Crippen molar-refractivity contribution >= 4 is 0 Å². The van der Waals surface area contributed by atoms with E-state index in [0.29, 0.717) is 12.5 Å². The van der Waals surface area contributed by atoms with E-state index in [1.807, 2.05) is 27.7 Å². The van der Waals surface area contributed by atoms with Gasteiger partial charge in [0.1, 0.15) is 0 Å². The first-order valence-corrected chi connectivity index (χ1v) is 6.29. The van der Waals surface area contributed by atoms with Gasteiger partial charge in [0.25, 0.3) is 0 Å². The molecule has 2 atom stereocenters. The molecule has 0 aliphatic carbocycles. The molecular weight excluding hydrogens is 204 g/mol. The second kappa shape index (κ2) is 5.03. The molecule has 1 fully saturated rings. The van der Waals surface area contributed by atoms with E-state index < -0.39 is 11.4 Å². The lowest BCUT2D eigenvalue weighted by atomic mass is 9.84. The van der Waals surface area contributed by atoms with Crippen molar-refractivity contribution in [3.8, 4) is 0 Å². The molecule has 16 heavy (non-hydrogen) atoms. The fourth-order valence-electron chi connectivity index (χ4n) is 2.35. The predicted molar refractivity (Wildman–Crippen MR) is 64.2 cm³/mol. The highest BCUT2D eigenvalue weighted by atomic mass is 16.7. The smallest absolute Gasteiger partial charge is 0.163 e. The summed E-state index contributed by atoms with van der Waals surface area (Å²) in [6.45, 7) is 10.5. The summed E-state index contributed by atoms with van der Waals surface area (Å²) in [5, 5.41) is 9.98. The molecule has 0 aromatic carbocycles. The lowest BCUT2D eigenvalue weighted by Gasteiger charge is -2.29. The molecule has 2 unspecified atom stereocenters. The number of ether oxygens (including phenoxy) is 2. The van der Waals surface area contributed by atoms with Crippen LogP contribution in [0.25, 0.3) is 0 Å². The predicted octanol–water partition coefficient (Wildman–Crippen LogP) is 2.72. The molecule has 0 amide bonds. The first-order valence-electron chi connectivity index (χ1n) is 6.29. The molecule has 1 saturated heterocycles. The maximum atomic E-state index is 9.98. The van der Waals surface area contributed by atoms with Crippen molar-refractivity contribution in [3.63, 3.8) is 0 Å². The molecule has 1 rings (SSSR count). The second-order valence-electron chi connectivity index (χ2n) is 5.79. The van der Waals surface area contributed by atoms with Crippen LogP contribution in [0.3, 0.4) is 0 Å². The van der Waals surface area contributed by atoms with Crippen LogP contribution in [0.15, 0.2) is 0 Å². The van der Waals surface area contributed by atoms with E-state index in [4.69, 9.17) is 9.47 Å². The van der Waals surface area contributed by atoms with Crippen LogP contribution in [0.1, 0.15) is 53.9 Å². The number of hydrogen-bond donors (Lipinski definition) is 1. The van der Waals surface area contributed by atoms with Gasteiger partial charge in [-0.2, -0.15) is 0 Å². The lowest BCUT2D eigenvalue weighted by molar-refractivity contribution is -0.139. The van der Waals surface area contributed by atoms with E-state index in [9.17, 15) is 5.11 Å². The normalized spacial score (nSPS) is 27.0. The van der Waals surface area contributed by atoms with E-state index in [0.717, 1.165) is 19.3 Å². The first-order chi connectivity index (χ1) is 7.24. The average Bonchev–Trinajstić information content (AvgIpc) is 2.44. The topological polar surface area (TPSA) is 38.7 Å². The Balaban J connectivity index is 2.34. The largest absolute Gasteiger partial charge is 0.390 e. The Morgan fingerprint density at radius 3 is 2.44 bits per heavy atom. The van der Waals surface area contributed by atoms with Crippen molar-refractivity contribution in [3.05, 3.63) is 0 Å². The van der Waals surface area contributed by atoms with Crippen molar-refractivity contribution < 1.29 is 14.6 Å². The third-order valence-corrected chi connectivity index (χ3v) is 3.40. The number of rotatable bonds is 5. The van der Waals surface area contributed by atoms with Gasteiger partial charge < -0.3 is 14.6 Å². The quantitative estimate of drug-likeness (QED) is 0.789. The molecule has 0 radical (unpaired) electrons. The highest BCUT2D eigenvalue weighted by Crippen LogP contribution is 2.30. The van der Waals surface area contributed by atoms with E-state index in [1.165, 1.54) is 0 Å². The number of hydrogen-bond acceptors (Lipinski definition) is 3. The van der Waals surface area contributed by atoms with Gasteiger partial charge in [0.15, 0.2) is 5.79 Å². The van der Waals surface area contributed by atoms with Crippen LogP contribution in [-0.4, -0.2) is 29.2 Å². The fourth-order valence-corrected chi connectivity index (χ4v) is 2.35. The summed E-state index contributed by atoms with van der Waals surface area (Å²) in [4.78, 5) is 0. The van der Waals surface area contributed by atoms with Crippen molar-refractivity contribution in [1.29, 1.82) is 0 Å². The summed E-state index contributed by atoms with van der Waals surface area (Å²) < 4.78 is 11.3. The Kier molecular flexibility index (Phi) is 4.38. The third-order valence-electron chi connectivity index (χ3n) is 3.40. The molecule has 0 spiro atoms. The van der Waals surface area contributed by atoms with E-state index >= 15 is 0 Å². The Morgan fingerprint density at radius 2 is 2.06 bits per heavy atom. The van der Waals surface area contributed by atoms with Gasteiger partial charge in [-0.25, -0.2) is 0 Å². The zero-order chi connectivity index (χ0) is 12.4. The Bertz CT molecular complexity index is 218. The molecular formula is C13H26O3. The van der Waals surface area contributed by atoms with Crippen molar-refractivity contribution in [2.45, 2.75) is 71.4 Å². The Hall–Kier alpha value is -0.120. The highest BCUT2D eigenvalue weighted by molar-refractivity contribution is 4.79. The van der Waals surface area contributed by atoms with E-state index in [1.54, 1.807) is 0 Å². The van der Waals surface area contributed by atoms with E-state index in [2.05, 4.69) is 6.92 Å². The van der Waals surface area contributed by atoms with Crippen LogP contribution in [0.4, 0.5) is 0 Å². The molecule has 3 heteroatoms. The molecule has 0 saturated carbocycles. The molecule has 0 aromatic rings. The molecule has 1 aliphatic heterocycles. The van der Waals surface area contributed by atoms with Gasteiger partial charge in [-0.15, -0.1) is 0 Å². The van der Waals surface area contributed by atoms with Crippen LogP contribution >= 0.6 is 0 Å². The van der Waals surface area contributed by atoms with Gasteiger partial charge in [0, 0.05) is 0 Å².